The smallest absolute Gasteiger partial charge is 0.224 e. The van der Waals surface area contributed by atoms with Crippen molar-refractivity contribution in [1.82, 2.24) is 5.32 Å². The number of hydrogen-bond acceptors (Lipinski definition) is 2. The van der Waals surface area contributed by atoms with Crippen LogP contribution in [0.15, 0.2) is 18.2 Å². The third kappa shape index (κ3) is 6.13. The maximum absolute atomic E-state index is 11.9. The largest absolute Gasteiger partial charge is 0.383 e. The summed E-state index contributed by atoms with van der Waals surface area (Å²) in [5.41, 5.74) is 0.835. The minimum Gasteiger partial charge on any atom is -0.383 e. The molecule has 0 aliphatic rings. The van der Waals surface area contributed by atoms with Crippen molar-refractivity contribution in [2.24, 2.45) is 0 Å². The van der Waals surface area contributed by atoms with Crippen LogP contribution in [-0.4, -0.2) is 31.0 Å². The van der Waals surface area contributed by atoms with Gasteiger partial charge in [0, 0.05) is 12.4 Å². The molecule has 1 aromatic rings. The molecule has 0 aromatic heterocycles. The monoisotopic (exact) mass is 367 g/mol. The highest BCUT2D eigenvalue weighted by molar-refractivity contribution is 9.09. The number of carbonyl (C=O) groups excluding carboxylic acids is 1. The number of amides is 1. The van der Waals surface area contributed by atoms with E-state index in [0.29, 0.717) is 16.7 Å². The first-order valence-corrected chi connectivity index (χ1v) is 7.72. The van der Waals surface area contributed by atoms with Gasteiger partial charge in [-0.05, 0) is 24.1 Å². The Labute approximate surface area is 131 Å². The molecule has 0 bridgehead atoms. The molecule has 19 heavy (non-hydrogen) atoms. The first-order chi connectivity index (χ1) is 9.06. The summed E-state index contributed by atoms with van der Waals surface area (Å²) in [6, 6.07) is 5.21. The van der Waals surface area contributed by atoms with E-state index in [1.54, 1.807) is 25.3 Å². The number of methoxy groups -OCH3 is 1. The maximum atomic E-state index is 11.9. The molecule has 0 fully saturated rings. The molecule has 1 amide bonds. The molecule has 1 atom stereocenters. The van der Waals surface area contributed by atoms with Crippen molar-refractivity contribution in [3.63, 3.8) is 0 Å². The second-order valence-electron chi connectivity index (χ2n) is 4.12. The molecular formula is C13H16BrCl2NO2. The van der Waals surface area contributed by atoms with Crippen LogP contribution >= 0.6 is 39.1 Å². The van der Waals surface area contributed by atoms with E-state index in [2.05, 4.69) is 21.2 Å². The Kier molecular flexibility index (Phi) is 7.76. The minimum absolute atomic E-state index is 0.0136. The van der Waals surface area contributed by atoms with Crippen molar-refractivity contribution in [1.29, 1.82) is 0 Å². The average Bonchev–Trinajstić information content (AvgIpc) is 2.34. The van der Waals surface area contributed by atoms with Gasteiger partial charge < -0.3 is 10.1 Å². The Morgan fingerprint density at radius 1 is 1.42 bits per heavy atom. The van der Waals surface area contributed by atoms with E-state index in [-0.39, 0.29) is 18.4 Å². The number of alkyl halides is 1. The molecule has 0 aliphatic carbocycles. The van der Waals surface area contributed by atoms with Crippen molar-refractivity contribution >= 4 is 45.0 Å². The number of nitrogens with one attached hydrogen (secondary N) is 1. The summed E-state index contributed by atoms with van der Waals surface area (Å²) in [5.74, 6) is -0.0543. The Morgan fingerprint density at radius 2 is 2.16 bits per heavy atom. The van der Waals surface area contributed by atoms with Crippen LogP contribution in [0.4, 0.5) is 0 Å². The molecule has 1 N–H and O–H groups in total. The summed E-state index contributed by atoms with van der Waals surface area (Å²) in [5, 5.41) is 4.69. The summed E-state index contributed by atoms with van der Waals surface area (Å²) in [6.07, 6.45) is 1.10. The fourth-order valence-corrected chi connectivity index (χ4v) is 2.52. The van der Waals surface area contributed by atoms with Gasteiger partial charge in [-0.25, -0.2) is 0 Å². The number of carbonyl (C=O) groups is 1. The zero-order valence-corrected chi connectivity index (χ0v) is 13.7. The fourth-order valence-electron chi connectivity index (χ4n) is 1.64. The lowest BCUT2D eigenvalue weighted by Gasteiger charge is -2.16. The van der Waals surface area contributed by atoms with Gasteiger partial charge in [0.25, 0.3) is 0 Å². The van der Waals surface area contributed by atoms with E-state index in [9.17, 15) is 4.79 Å². The van der Waals surface area contributed by atoms with Crippen molar-refractivity contribution in [3.05, 3.63) is 33.8 Å². The molecule has 1 rings (SSSR count). The number of ether oxygens (including phenoxy) is 1. The molecule has 106 valence electrons. The number of benzene rings is 1. The Morgan fingerprint density at radius 3 is 2.74 bits per heavy atom. The summed E-state index contributed by atoms with van der Waals surface area (Å²) in [4.78, 5) is 11.9. The van der Waals surface area contributed by atoms with Crippen molar-refractivity contribution in [3.8, 4) is 0 Å². The molecule has 0 radical (unpaired) electrons. The maximum Gasteiger partial charge on any atom is 0.224 e. The highest BCUT2D eigenvalue weighted by Crippen LogP contribution is 2.22. The lowest BCUT2D eigenvalue weighted by molar-refractivity contribution is -0.121. The van der Waals surface area contributed by atoms with Gasteiger partial charge >= 0.3 is 0 Å². The Balaban J connectivity index is 2.55. The third-order valence-corrected chi connectivity index (χ3v) is 3.74. The normalized spacial score (nSPS) is 12.2. The highest BCUT2D eigenvalue weighted by atomic mass is 79.9. The van der Waals surface area contributed by atoms with Gasteiger partial charge in [-0.15, -0.1) is 0 Å². The number of rotatable bonds is 7. The molecule has 1 unspecified atom stereocenters. The van der Waals surface area contributed by atoms with E-state index in [1.807, 2.05) is 0 Å². The second-order valence-corrected chi connectivity index (χ2v) is 5.73. The van der Waals surface area contributed by atoms with Gasteiger partial charge in [-0.3, -0.25) is 4.79 Å². The fraction of sp³-hybridized carbons (Fsp3) is 0.462. The van der Waals surface area contributed by atoms with Crippen LogP contribution in [-0.2, 0) is 16.0 Å². The molecule has 0 saturated carbocycles. The first kappa shape index (κ1) is 16.8. The van der Waals surface area contributed by atoms with E-state index in [0.717, 1.165) is 17.3 Å². The van der Waals surface area contributed by atoms with Crippen LogP contribution in [0.2, 0.25) is 10.0 Å². The molecular weight excluding hydrogens is 353 g/mol. The van der Waals surface area contributed by atoms with E-state index in [4.69, 9.17) is 27.9 Å². The van der Waals surface area contributed by atoms with Crippen molar-refractivity contribution in [2.75, 3.05) is 19.0 Å². The lowest BCUT2D eigenvalue weighted by Crippen LogP contribution is -2.39. The lowest BCUT2D eigenvalue weighted by atomic mass is 10.1. The highest BCUT2D eigenvalue weighted by Gasteiger charge is 2.12. The van der Waals surface area contributed by atoms with Crippen molar-refractivity contribution < 1.29 is 9.53 Å². The Hall–Kier alpha value is -0.290. The summed E-state index contributed by atoms with van der Waals surface area (Å²) in [6.45, 7) is 0.499. The van der Waals surface area contributed by atoms with Gasteiger partial charge in [0.15, 0.2) is 0 Å². The van der Waals surface area contributed by atoms with E-state index < -0.39 is 0 Å². The topological polar surface area (TPSA) is 38.3 Å². The summed E-state index contributed by atoms with van der Waals surface area (Å²) in [7, 11) is 1.62. The number of hydrogen-bond donors (Lipinski definition) is 1. The SMILES string of the molecule is COCC(CCBr)NC(=O)Cc1ccc(Cl)c(Cl)c1. The minimum atomic E-state index is -0.0543. The zero-order chi connectivity index (χ0) is 14.3. The molecule has 6 heteroatoms. The van der Waals surface area contributed by atoms with Gasteiger partial charge in [0.05, 0.1) is 29.1 Å². The molecule has 3 nitrogen and oxygen atoms in total. The molecule has 0 saturated heterocycles. The standard InChI is InChI=1S/C13H16BrCl2NO2/c1-19-8-10(4-5-14)17-13(18)7-9-2-3-11(15)12(16)6-9/h2-3,6,10H,4-5,7-8H2,1H3,(H,17,18). The van der Waals surface area contributed by atoms with Crippen LogP contribution < -0.4 is 5.32 Å². The molecule has 1 aromatic carbocycles. The van der Waals surface area contributed by atoms with Crippen LogP contribution in [0.25, 0.3) is 0 Å². The van der Waals surface area contributed by atoms with Crippen LogP contribution in [0.1, 0.15) is 12.0 Å². The van der Waals surface area contributed by atoms with Crippen molar-refractivity contribution in [2.45, 2.75) is 18.9 Å². The van der Waals surface area contributed by atoms with Gasteiger partial charge in [-0.2, -0.15) is 0 Å². The number of halogens is 3. The first-order valence-electron chi connectivity index (χ1n) is 5.85. The quantitative estimate of drug-likeness (QED) is 0.748. The summed E-state index contributed by atoms with van der Waals surface area (Å²) >= 11 is 15.1. The molecule has 0 spiro atoms. The molecule has 0 heterocycles. The predicted molar refractivity (Wildman–Crippen MR) is 82.4 cm³/mol. The Bertz CT molecular complexity index is 423. The van der Waals surface area contributed by atoms with Crippen LogP contribution in [0.3, 0.4) is 0 Å². The van der Waals surface area contributed by atoms with E-state index >= 15 is 0 Å². The van der Waals surface area contributed by atoms with Gasteiger partial charge in [0.2, 0.25) is 5.91 Å². The average molecular weight is 369 g/mol. The van der Waals surface area contributed by atoms with Gasteiger partial charge in [-0.1, -0.05) is 45.2 Å². The zero-order valence-electron chi connectivity index (χ0n) is 10.6. The summed E-state index contributed by atoms with van der Waals surface area (Å²) < 4.78 is 5.07. The van der Waals surface area contributed by atoms with Crippen LogP contribution in [0.5, 0.6) is 0 Å². The third-order valence-electron chi connectivity index (χ3n) is 2.54. The second kappa shape index (κ2) is 8.80. The van der Waals surface area contributed by atoms with Gasteiger partial charge in [0.1, 0.15) is 0 Å². The molecule has 0 aliphatic heterocycles. The predicted octanol–water partition coefficient (Wildman–Crippen LogP) is 3.45. The van der Waals surface area contributed by atoms with Crippen LogP contribution in [0, 0.1) is 0 Å². The van der Waals surface area contributed by atoms with E-state index in [1.165, 1.54) is 0 Å².